The van der Waals surface area contributed by atoms with Crippen molar-refractivity contribution in [3.05, 3.63) is 47.0 Å². The molecule has 1 aromatic rings. The molecule has 0 spiro atoms. The number of hydrogen-bond donors (Lipinski definition) is 0. The lowest BCUT2D eigenvalue weighted by Crippen LogP contribution is -2.39. The van der Waals surface area contributed by atoms with Crippen LogP contribution < -0.4 is 0 Å². The van der Waals surface area contributed by atoms with Gasteiger partial charge >= 0.3 is 5.97 Å². The van der Waals surface area contributed by atoms with Crippen LogP contribution in [0.2, 0.25) is 0 Å². The fraction of sp³-hybridized carbons (Fsp3) is 0.478. The van der Waals surface area contributed by atoms with Gasteiger partial charge in [-0.15, -0.1) is 0 Å². The fourth-order valence-corrected chi connectivity index (χ4v) is 5.50. The van der Waals surface area contributed by atoms with Crippen LogP contribution in [0.4, 0.5) is 0 Å². The molecule has 1 aromatic carbocycles. The van der Waals surface area contributed by atoms with Gasteiger partial charge in [0.15, 0.2) is 6.10 Å². The van der Waals surface area contributed by atoms with Gasteiger partial charge in [0.25, 0.3) is 0 Å². The van der Waals surface area contributed by atoms with Gasteiger partial charge in [0.05, 0.1) is 11.8 Å². The molecule has 4 aliphatic rings. The summed E-state index contributed by atoms with van der Waals surface area (Å²) in [7, 11) is 0. The maximum Gasteiger partial charge on any atom is 0.326 e. The number of likely N-dealkylation sites (tertiary alicyclic amines) is 1. The van der Waals surface area contributed by atoms with Gasteiger partial charge in [-0.3, -0.25) is 24.1 Å². The van der Waals surface area contributed by atoms with Gasteiger partial charge in [0.1, 0.15) is 6.54 Å². The molecule has 0 aromatic heterocycles. The summed E-state index contributed by atoms with van der Waals surface area (Å²) in [6, 6.07) is 5.62. The molecule has 150 valence electrons. The lowest BCUT2D eigenvalue weighted by Gasteiger charge is -2.18. The summed E-state index contributed by atoms with van der Waals surface area (Å²) in [5.74, 6) is -2.05. The van der Waals surface area contributed by atoms with E-state index in [0.717, 1.165) is 30.6 Å². The summed E-state index contributed by atoms with van der Waals surface area (Å²) in [5, 5.41) is 0. The molecule has 5 unspecified atom stereocenters. The van der Waals surface area contributed by atoms with E-state index in [0.29, 0.717) is 5.56 Å². The molecule has 0 N–H and O–H groups in total. The van der Waals surface area contributed by atoms with Gasteiger partial charge in [-0.1, -0.05) is 24.3 Å². The predicted molar refractivity (Wildman–Crippen MR) is 103 cm³/mol. The van der Waals surface area contributed by atoms with Crippen molar-refractivity contribution in [2.75, 3.05) is 6.54 Å². The fourth-order valence-electron chi connectivity index (χ4n) is 5.50. The van der Waals surface area contributed by atoms with E-state index in [1.165, 1.54) is 18.1 Å². The van der Waals surface area contributed by atoms with E-state index in [1.54, 1.807) is 6.07 Å². The van der Waals surface area contributed by atoms with Gasteiger partial charge in [0, 0.05) is 5.56 Å². The van der Waals surface area contributed by atoms with Crippen LogP contribution in [0.3, 0.4) is 0 Å². The monoisotopic (exact) mass is 393 g/mol. The molecule has 3 aliphatic carbocycles. The Morgan fingerprint density at radius 2 is 1.72 bits per heavy atom. The van der Waals surface area contributed by atoms with Crippen molar-refractivity contribution in [3.8, 4) is 0 Å². The van der Waals surface area contributed by atoms with Crippen molar-refractivity contribution in [1.29, 1.82) is 0 Å². The number of rotatable bonds is 5. The van der Waals surface area contributed by atoms with Crippen LogP contribution in [0.1, 0.15) is 41.3 Å². The molecule has 1 saturated heterocycles. The molecule has 2 amide bonds. The Morgan fingerprint density at radius 3 is 2.41 bits per heavy atom. The molecule has 1 heterocycles. The number of Topliss-reactive ketones (excluding diaryl/α,β-unsaturated/α-hetero) is 1. The number of carbonyl (C=O) groups excluding carboxylic acids is 4. The third kappa shape index (κ3) is 2.84. The van der Waals surface area contributed by atoms with Crippen molar-refractivity contribution >= 4 is 23.6 Å². The Morgan fingerprint density at radius 1 is 1.07 bits per heavy atom. The zero-order valence-corrected chi connectivity index (χ0v) is 16.3. The first-order valence-electron chi connectivity index (χ1n) is 10.3. The van der Waals surface area contributed by atoms with E-state index < -0.39 is 18.6 Å². The van der Waals surface area contributed by atoms with Crippen LogP contribution in [0.25, 0.3) is 0 Å². The number of ketones is 1. The first-order valence-corrected chi connectivity index (χ1v) is 10.3. The number of fused-ring (bicyclic) bond motifs is 6. The Kier molecular flexibility index (Phi) is 4.19. The molecule has 5 rings (SSSR count). The predicted octanol–water partition coefficient (Wildman–Crippen LogP) is 2.10. The maximum absolute atomic E-state index is 12.7. The molecule has 0 radical (unpaired) electrons. The van der Waals surface area contributed by atoms with Crippen LogP contribution >= 0.6 is 0 Å². The third-order valence-corrected chi connectivity index (χ3v) is 6.91. The third-order valence-electron chi connectivity index (χ3n) is 6.91. The molecular formula is C23H23NO5. The molecule has 6 heteroatoms. The summed E-state index contributed by atoms with van der Waals surface area (Å²) >= 11 is 0. The lowest BCUT2D eigenvalue weighted by atomic mass is 9.85. The van der Waals surface area contributed by atoms with Gasteiger partial charge in [-0.2, -0.15) is 0 Å². The van der Waals surface area contributed by atoms with Crippen LogP contribution in [0.5, 0.6) is 0 Å². The van der Waals surface area contributed by atoms with Gasteiger partial charge < -0.3 is 4.74 Å². The Bertz CT molecular complexity index is 934. The second kappa shape index (κ2) is 6.65. The quantitative estimate of drug-likeness (QED) is 0.331. The van der Waals surface area contributed by atoms with Gasteiger partial charge in [0.2, 0.25) is 17.6 Å². The summed E-state index contributed by atoms with van der Waals surface area (Å²) in [4.78, 5) is 51.4. The summed E-state index contributed by atoms with van der Waals surface area (Å²) in [6.07, 6.45) is 6.99. The number of carbonyl (C=O) groups is 4. The zero-order valence-electron chi connectivity index (χ0n) is 16.3. The Hall–Kier alpha value is -2.76. The van der Waals surface area contributed by atoms with E-state index in [1.807, 2.05) is 24.3 Å². The first-order chi connectivity index (χ1) is 13.9. The van der Waals surface area contributed by atoms with Gasteiger partial charge in [-0.05, 0) is 61.6 Å². The largest absolute Gasteiger partial charge is 0.453 e. The van der Waals surface area contributed by atoms with E-state index in [-0.39, 0.29) is 41.3 Å². The number of aryl methyl sites for hydroxylation is 2. The lowest BCUT2D eigenvalue weighted by molar-refractivity contribution is -0.155. The number of amides is 2. The second-order valence-corrected chi connectivity index (χ2v) is 8.60. The summed E-state index contributed by atoms with van der Waals surface area (Å²) < 4.78 is 5.29. The van der Waals surface area contributed by atoms with E-state index in [4.69, 9.17) is 4.74 Å². The smallest absolute Gasteiger partial charge is 0.326 e. The highest BCUT2D eigenvalue weighted by Gasteiger charge is 2.59. The van der Waals surface area contributed by atoms with Crippen molar-refractivity contribution in [2.24, 2.45) is 23.7 Å². The molecule has 5 atom stereocenters. The van der Waals surface area contributed by atoms with E-state index in [2.05, 4.69) is 0 Å². The van der Waals surface area contributed by atoms with E-state index in [9.17, 15) is 19.2 Å². The minimum Gasteiger partial charge on any atom is -0.453 e. The molecule has 1 saturated carbocycles. The summed E-state index contributed by atoms with van der Waals surface area (Å²) in [5.41, 5.74) is 2.97. The average Bonchev–Trinajstić information content (AvgIpc) is 3.47. The van der Waals surface area contributed by atoms with E-state index >= 15 is 0 Å². The Labute approximate surface area is 168 Å². The summed E-state index contributed by atoms with van der Waals surface area (Å²) in [6.45, 7) is 1.10. The molecule has 6 nitrogen and oxygen atoms in total. The zero-order chi connectivity index (χ0) is 20.3. The second-order valence-electron chi connectivity index (χ2n) is 8.60. The standard InChI is InChI=1S/C23H23NO5/c1-12(21(26)17-8-5-13-3-2-4-14(13)9-17)29-18(25)11-24-22(27)19-15-6-7-16(10-15)20(19)23(24)28/h5-9,12,15-16,19-20H,2-4,10-11H2,1H3. The minimum atomic E-state index is -0.966. The number of allylic oxidation sites excluding steroid dienone is 2. The highest BCUT2D eigenvalue weighted by atomic mass is 16.5. The number of imide groups is 1. The topological polar surface area (TPSA) is 80.8 Å². The average molecular weight is 393 g/mol. The SMILES string of the molecule is CC(OC(=O)CN1C(=O)C2C3C=CC(C3)C2C1=O)C(=O)c1ccc2c(c1)CCC2. The molecule has 2 fully saturated rings. The maximum atomic E-state index is 12.7. The molecule has 1 aliphatic heterocycles. The Balaban J connectivity index is 1.22. The molecular weight excluding hydrogens is 370 g/mol. The van der Waals surface area contributed by atoms with Crippen molar-refractivity contribution in [3.63, 3.8) is 0 Å². The van der Waals surface area contributed by atoms with Crippen LogP contribution in [-0.4, -0.2) is 41.1 Å². The number of hydrogen-bond acceptors (Lipinski definition) is 5. The number of benzene rings is 1. The van der Waals surface area contributed by atoms with Crippen molar-refractivity contribution < 1.29 is 23.9 Å². The highest BCUT2D eigenvalue weighted by Crippen LogP contribution is 2.52. The van der Waals surface area contributed by atoms with Crippen molar-refractivity contribution in [2.45, 2.75) is 38.7 Å². The molecule has 2 bridgehead atoms. The number of esters is 1. The van der Waals surface area contributed by atoms with Crippen LogP contribution in [0.15, 0.2) is 30.4 Å². The highest BCUT2D eigenvalue weighted by molar-refractivity contribution is 6.08. The van der Waals surface area contributed by atoms with Crippen LogP contribution in [-0.2, 0) is 32.0 Å². The van der Waals surface area contributed by atoms with Crippen LogP contribution in [0, 0.1) is 23.7 Å². The number of ether oxygens (including phenoxy) is 1. The minimum absolute atomic E-state index is 0.0998. The van der Waals surface area contributed by atoms with Gasteiger partial charge in [-0.25, -0.2) is 0 Å². The molecule has 29 heavy (non-hydrogen) atoms. The normalized spacial score (nSPS) is 29.9. The number of nitrogens with zero attached hydrogens (tertiary/aromatic N) is 1. The first kappa shape index (κ1) is 18.3. The van der Waals surface area contributed by atoms with Crippen molar-refractivity contribution in [1.82, 2.24) is 4.90 Å².